The van der Waals surface area contributed by atoms with Crippen LogP contribution in [-0.2, 0) is 13.0 Å². The Balaban J connectivity index is 1.44. The summed E-state index contributed by atoms with van der Waals surface area (Å²) < 4.78 is 1.67. The number of H-pyrrole nitrogens is 1. The van der Waals surface area contributed by atoms with Gasteiger partial charge in [-0.25, -0.2) is 4.68 Å². The van der Waals surface area contributed by atoms with Crippen LogP contribution in [0.2, 0.25) is 0 Å². The van der Waals surface area contributed by atoms with Gasteiger partial charge in [0.2, 0.25) is 5.56 Å². The number of hydrogen-bond acceptors (Lipinski definition) is 5. The number of fused-ring (bicyclic) bond motifs is 1. The number of pyridine rings is 2. The van der Waals surface area contributed by atoms with Crippen LogP contribution in [0.25, 0.3) is 10.9 Å². The predicted molar refractivity (Wildman–Crippen MR) is 115 cm³/mol. The first-order chi connectivity index (χ1) is 14.4. The summed E-state index contributed by atoms with van der Waals surface area (Å²) in [6.07, 6.45) is 2.55. The Morgan fingerprint density at radius 3 is 2.73 bits per heavy atom. The van der Waals surface area contributed by atoms with Crippen molar-refractivity contribution in [1.29, 1.82) is 0 Å². The zero-order chi connectivity index (χ0) is 21.3. The molecule has 7 nitrogen and oxygen atoms in total. The topological polar surface area (TPSA) is 93.5 Å². The number of carbonyl (C=O) groups excluding carboxylic acids is 1. The number of ketones is 1. The smallest absolute Gasteiger partial charge is 0.248 e. The molecule has 3 heterocycles. The van der Waals surface area contributed by atoms with Crippen molar-refractivity contribution in [1.82, 2.24) is 25.0 Å². The number of nitrogens with zero attached hydrogens (tertiary/aromatic N) is 4. The molecule has 0 radical (unpaired) electrons. The molecule has 4 aromatic rings. The van der Waals surface area contributed by atoms with E-state index in [0.29, 0.717) is 25.1 Å². The standard InChI is InChI=1S/C23H23N5O2/c1-14-10-23(30)25-16(3)19(14)7-9-22(29)21-13-28(27-26-21)12-17-5-8-20-18(11-17)6-4-15(2)24-20/h4-6,8,10-11,13H,7,9,12H2,1-3H3,(H,25,30). The average Bonchev–Trinajstić information content (AvgIpc) is 3.15. The molecule has 0 unspecified atom stereocenters. The minimum Gasteiger partial charge on any atom is -0.326 e. The van der Waals surface area contributed by atoms with Crippen LogP contribution in [0.5, 0.6) is 0 Å². The lowest BCUT2D eigenvalue weighted by Gasteiger charge is -2.07. The quantitative estimate of drug-likeness (QED) is 0.500. The Hall–Kier alpha value is -3.61. The summed E-state index contributed by atoms with van der Waals surface area (Å²) >= 11 is 0. The molecule has 4 rings (SSSR count). The van der Waals surface area contributed by atoms with Gasteiger partial charge in [-0.1, -0.05) is 17.3 Å². The van der Waals surface area contributed by atoms with Gasteiger partial charge in [0.05, 0.1) is 18.3 Å². The monoisotopic (exact) mass is 401 g/mol. The van der Waals surface area contributed by atoms with Crippen molar-refractivity contribution in [3.63, 3.8) is 0 Å². The minimum absolute atomic E-state index is 0.0653. The molecule has 0 aliphatic rings. The van der Waals surface area contributed by atoms with E-state index in [1.54, 1.807) is 16.9 Å². The maximum Gasteiger partial charge on any atom is 0.248 e. The number of carbonyl (C=O) groups is 1. The number of nitrogens with one attached hydrogen (secondary N) is 1. The minimum atomic E-state index is -0.123. The Labute approximate surface area is 173 Å². The van der Waals surface area contributed by atoms with Crippen molar-refractivity contribution in [2.45, 2.75) is 40.2 Å². The van der Waals surface area contributed by atoms with Crippen LogP contribution in [-0.4, -0.2) is 30.7 Å². The summed E-state index contributed by atoms with van der Waals surface area (Å²) in [5, 5.41) is 9.23. The van der Waals surface area contributed by atoms with Crippen LogP contribution in [0.15, 0.2) is 47.4 Å². The van der Waals surface area contributed by atoms with Gasteiger partial charge in [-0.15, -0.1) is 5.10 Å². The number of aromatic nitrogens is 5. The average molecular weight is 401 g/mol. The summed E-state index contributed by atoms with van der Waals surface area (Å²) in [5.41, 5.74) is 5.94. The number of benzene rings is 1. The lowest BCUT2D eigenvalue weighted by molar-refractivity contribution is 0.0978. The van der Waals surface area contributed by atoms with E-state index in [1.807, 2.05) is 39.0 Å². The number of Topliss-reactive ketones (excluding diaryl/α,β-unsaturated/α-hetero) is 1. The second-order valence-corrected chi connectivity index (χ2v) is 7.62. The molecule has 0 saturated heterocycles. The highest BCUT2D eigenvalue weighted by atomic mass is 16.1. The van der Waals surface area contributed by atoms with E-state index in [2.05, 4.69) is 32.4 Å². The third-order valence-electron chi connectivity index (χ3n) is 5.25. The molecule has 1 N–H and O–H groups in total. The van der Waals surface area contributed by atoms with Gasteiger partial charge in [0.25, 0.3) is 0 Å². The van der Waals surface area contributed by atoms with Crippen molar-refractivity contribution in [3.8, 4) is 0 Å². The fourth-order valence-electron chi connectivity index (χ4n) is 3.69. The van der Waals surface area contributed by atoms with Gasteiger partial charge >= 0.3 is 0 Å². The molecule has 1 aromatic carbocycles. The Morgan fingerprint density at radius 2 is 1.93 bits per heavy atom. The van der Waals surface area contributed by atoms with Gasteiger partial charge in [0.1, 0.15) is 5.69 Å². The second-order valence-electron chi connectivity index (χ2n) is 7.62. The van der Waals surface area contributed by atoms with Crippen LogP contribution in [0, 0.1) is 20.8 Å². The molecule has 152 valence electrons. The predicted octanol–water partition coefficient (Wildman–Crippen LogP) is 3.30. The fraction of sp³-hybridized carbons (Fsp3) is 0.261. The maximum absolute atomic E-state index is 12.6. The Bertz CT molecular complexity index is 1280. The van der Waals surface area contributed by atoms with Crippen LogP contribution < -0.4 is 5.56 Å². The maximum atomic E-state index is 12.6. The molecule has 0 amide bonds. The van der Waals surface area contributed by atoms with Crippen molar-refractivity contribution in [2.24, 2.45) is 0 Å². The first kappa shape index (κ1) is 19.7. The molecule has 0 aliphatic heterocycles. The molecule has 0 spiro atoms. The second kappa shape index (κ2) is 8.02. The normalized spacial score (nSPS) is 11.2. The lowest BCUT2D eigenvalue weighted by Crippen LogP contribution is -2.12. The summed E-state index contributed by atoms with van der Waals surface area (Å²) in [6.45, 7) is 6.24. The number of aryl methyl sites for hydroxylation is 3. The van der Waals surface area contributed by atoms with E-state index in [4.69, 9.17) is 0 Å². The van der Waals surface area contributed by atoms with E-state index in [9.17, 15) is 9.59 Å². The molecule has 0 aliphatic carbocycles. The van der Waals surface area contributed by atoms with Gasteiger partial charge in [0, 0.05) is 29.3 Å². The SMILES string of the molecule is Cc1ccc2cc(Cn3cc(C(=O)CCc4c(C)cc(=O)[nH]c4C)nn3)ccc2n1. The van der Waals surface area contributed by atoms with Crippen LogP contribution in [0.1, 0.15) is 45.0 Å². The third kappa shape index (κ3) is 4.20. The molecule has 3 aromatic heterocycles. The Morgan fingerprint density at radius 1 is 1.10 bits per heavy atom. The van der Waals surface area contributed by atoms with Gasteiger partial charge in [-0.05, 0) is 62.1 Å². The highest BCUT2D eigenvalue weighted by Gasteiger charge is 2.13. The summed E-state index contributed by atoms with van der Waals surface area (Å²) in [4.78, 5) is 31.4. The molecule has 7 heteroatoms. The molecular weight excluding hydrogens is 378 g/mol. The highest BCUT2D eigenvalue weighted by molar-refractivity contribution is 5.94. The molecule has 0 bridgehead atoms. The molecule has 0 fully saturated rings. The largest absolute Gasteiger partial charge is 0.326 e. The van der Waals surface area contributed by atoms with Gasteiger partial charge in [-0.3, -0.25) is 14.6 Å². The van der Waals surface area contributed by atoms with E-state index >= 15 is 0 Å². The van der Waals surface area contributed by atoms with Gasteiger partial charge in [0.15, 0.2) is 5.78 Å². The summed E-state index contributed by atoms with van der Waals surface area (Å²) in [6, 6.07) is 11.7. The van der Waals surface area contributed by atoms with Crippen molar-refractivity contribution >= 4 is 16.7 Å². The number of hydrogen-bond donors (Lipinski definition) is 1. The molecule has 0 atom stereocenters. The zero-order valence-corrected chi connectivity index (χ0v) is 17.3. The van der Waals surface area contributed by atoms with Gasteiger partial charge < -0.3 is 4.98 Å². The van der Waals surface area contributed by atoms with E-state index in [1.165, 1.54) is 0 Å². The van der Waals surface area contributed by atoms with Crippen LogP contribution in [0.4, 0.5) is 0 Å². The summed E-state index contributed by atoms with van der Waals surface area (Å²) in [5.74, 6) is -0.0653. The van der Waals surface area contributed by atoms with Crippen molar-refractivity contribution in [2.75, 3.05) is 0 Å². The molecule has 0 saturated carbocycles. The van der Waals surface area contributed by atoms with E-state index in [-0.39, 0.29) is 11.3 Å². The molecule has 30 heavy (non-hydrogen) atoms. The van der Waals surface area contributed by atoms with E-state index in [0.717, 1.165) is 39.0 Å². The van der Waals surface area contributed by atoms with Crippen LogP contribution >= 0.6 is 0 Å². The first-order valence-corrected chi connectivity index (χ1v) is 9.88. The van der Waals surface area contributed by atoms with E-state index < -0.39 is 0 Å². The first-order valence-electron chi connectivity index (χ1n) is 9.88. The third-order valence-corrected chi connectivity index (χ3v) is 5.25. The summed E-state index contributed by atoms with van der Waals surface area (Å²) in [7, 11) is 0. The van der Waals surface area contributed by atoms with Gasteiger partial charge in [-0.2, -0.15) is 0 Å². The number of rotatable bonds is 6. The highest BCUT2D eigenvalue weighted by Crippen LogP contribution is 2.16. The van der Waals surface area contributed by atoms with Crippen LogP contribution in [0.3, 0.4) is 0 Å². The lowest BCUT2D eigenvalue weighted by atomic mass is 10.0. The van der Waals surface area contributed by atoms with Crippen molar-refractivity contribution in [3.05, 3.63) is 86.7 Å². The van der Waals surface area contributed by atoms with Crippen molar-refractivity contribution < 1.29 is 4.79 Å². The Kier molecular flexibility index (Phi) is 5.27. The fourth-order valence-corrected chi connectivity index (χ4v) is 3.69. The zero-order valence-electron chi connectivity index (χ0n) is 17.3. The molecular formula is C23H23N5O2. The number of aromatic amines is 1.